The number of hydrogen-bond acceptors (Lipinski definition) is 3. The molecule has 16 heavy (non-hydrogen) atoms. The van der Waals surface area contributed by atoms with Gasteiger partial charge < -0.3 is 20.7 Å². The van der Waals surface area contributed by atoms with E-state index in [-0.39, 0.29) is 6.42 Å². The van der Waals surface area contributed by atoms with Gasteiger partial charge in [0.05, 0.1) is 12.5 Å². The molecule has 0 fully saturated rings. The molecular formula is C10H15N3O3. The molecule has 0 aliphatic heterocycles. The molecule has 6 nitrogen and oxygen atoms in total. The van der Waals surface area contributed by atoms with Crippen LogP contribution >= 0.6 is 0 Å². The summed E-state index contributed by atoms with van der Waals surface area (Å²) >= 11 is 0. The molecule has 0 saturated heterocycles. The highest BCUT2D eigenvalue weighted by Crippen LogP contribution is 1.90. The summed E-state index contributed by atoms with van der Waals surface area (Å²) in [6.45, 7) is 1.07. The van der Waals surface area contributed by atoms with E-state index in [1.807, 2.05) is 29.1 Å². The molecule has 0 saturated carbocycles. The molecule has 0 spiro atoms. The van der Waals surface area contributed by atoms with Crippen molar-refractivity contribution in [2.75, 3.05) is 6.54 Å². The summed E-state index contributed by atoms with van der Waals surface area (Å²) in [4.78, 5) is 21.6. The molecule has 4 N–H and O–H groups in total. The van der Waals surface area contributed by atoms with Crippen LogP contribution in [0.1, 0.15) is 6.42 Å². The average Bonchev–Trinajstić information content (AvgIpc) is 2.69. The quantitative estimate of drug-likeness (QED) is 0.602. The lowest BCUT2D eigenvalue weighted by atomic mass is 10.2. The fourth-order valence-corrected chi connectivity index (χ4v) is 1.24. The van der Waals surface area contributed by atoms with Crippen molar-refractivity contribution >= 4 is 11.9 Å². The van der Waals surface area contributed by atoms with Crippen LogP contribution in [0.25, 0.3) is 0 Å². The summed E-state index contributed by atoms with van der Waals surface area (Å²) in [6, 6.07) is 2.79. The zero-order valence-electron chi connectivity index (χ0n) is 8.80. The van der Waals surface area contributed by atoms with Crippen LogP contribution in [0.3, 0.4) is 0 Å². The summed E-state index contributed by atoms with van der Waals surface area (Å²) in [5.74, 6) is -1.51. The topological polar surface area (TPSA) is 97.4 Å². The number of amides is 1. The molecule has 1 heterocycles. The smallest absolute Gasteiger partial charge is 0.305 e. The molecule has 1 unspecified atom stereocenters. The zero-order valence-corrected chi connectivity index (χ0v) is 8.80. The lowest BCUT2D eigenvalue weighted by Gasteiger charge is -2.10. The van der Waals surface area contributed by atoms with Gasteiger partial charge in [-0.15, -0.1) is 0 Å². The molecule has 1 amide bonds. The fourth-order valence-electron chi connectivity index (χ4n) is 1.24. The van der Waals surface area contributed by atoms with Gasteiger partial charge in [0.1, 0.15) is 0 Å². The van der Waals surface area contributed by atoms with Gasteiger partial charge in [0.2, 0.25) is 5.91 Å². The Labute approximate surface area is 93.0 Å². The number of aliphatic carboxylic acids is 1. The van der Waals surface area contributed by atoms with Crippen LogP contribution in [0, 0.1) is 0 Å². The Hall–Kier alpha value is -1.82. The maximum absolute atomic E-state index is 11.3. The van der Waals surface area contributed by atoms with Crippen molar-refractivity contribution in [1.82, 2.24) is 9.88 Å². The first kappa shape index (κ1) is 12.3. The van der Waals surface area contributed by atoms with Crippen molar-refractivity contribution < 1.29 is 14.7 Å². The standard InChI is InChI=1S/C10H15N3O3/c11-8(7-9(14)15)10(16)12-3-6-13-4-1-2-5-13/h1-2,4-5,8H,3,6-7,11H2,(H,12,16)(H,14,15). The Bertz CT molecular complexity index is 348. The Balaban J connectivity index is 2.22. The van der Waals surface area contributed by atoms with Gasteiger partial charge in [0.25, 0.3) is 0 Å². The molecule has 1 atom stereocenters. The molecular weight excluding hydrogens is 210 g/mol. The molecule has 6 heteroatoms. The van der Waals surface area contributed by atoms with Gasteiger partial charge >= 0.3 is 5.97 Å². The number of nitrogens with one attached hydrogen (secondary N) is 1. The molecule has 0 aliphatic rings. The number of carboxylic acid groups (broad SMARTS) is 1. The van der Waals surface area contributed by atoms with Crippen molar-refractivity contribution in [3.05, 3.63) is 24.5 Å². The summed E-state index contributed by atoms with van der Waals surface area (Å²) < 4.78 is 1.91. The lowest BCUT2D eigenvalue weighted by Crippen LogP contribution is -2.42. The number of nitrogens with two attached hydrogens (primary N) is 1. The van der Waals surface area contributed by atoms with Gasteiger partial charge in [0.15, 0.2) is 0 Å². The van der Waals surface area contributed by atoms with Crippen LogP contribution in [0.5, 0.6) is 0 Å². The van der Waals surface area contributed by atoms with Crippen molar-refractivity contribution in [2.45, 2.75) is 19.0 Å². The molecule has 1 rings (SSSR count). The van der Waals surface area contributed by atoms with Crippen molar-refractivity contribution in [3.63, 3.8) is 0 Å². The van der Waals surface area contributed by atoms with Crippen LogP contribution in [-0.2, 0) is 16.1 Å². The molecule has 0 radical (unpaired) electrons. The first-order chi connectivity index (χ1) is 7.59. The van der Waals surface area contributed by atoms with Crippen LogP contribution in [0.15, 0.2) is 24.5 Å². The lowest BCUT2D eigenvalue weighted by molar-refractivity contribution is -0.139. The summed E-state index contributed by atoms with van der Waals surface area (Å²) in [7, 11) is 0. The maximum atomic E-state index is 11.3. The van der Waals surface area contributed by atoms with Crippen LogP contribution < -0.4 is 11.1 Å². The average molecular weight is 225 g/mol. The van der Waals surface area contributed by atoms with Gasteiger partial charge in [0, 0.05) is 25.5 Å². The predicted molar refractivity (Wildman–Crippen MR) is 57.7 cm³/mol. The van der Waals surface area contributed by atoms with E-state index in [0.717, 1.165) is 0 Å². The van der Waals surface area contributed by atoms with E-state index in [0.29, 0.717) is 13.1 Å². The van der Waals surface area contributed by atoms with Gasteiger partial charge in [-0.05, 0) is 12.1 Å². The number of rotatable bonds is 6. The molecule has 0 bridgehead atoms. The van der Waals surface area contributed by atoms with Crippen molar-refractivity contribution in [1.29, 1.82) is 0 Å². The normalized spacial score (nSPS) is 12.1. The number of nitrogens with zero attached hydrogens (tertiary/aromatic N) is 1. The Morgan fingerprint density at radius 2 is 2.00 bits per heavy atom. The maximum Gasteiger partial charge on any atom is 0.305 e. The molecule has 1 aromatic heterocycles. The minimum Gasteiger partial charge on any atom is -0.481 e. The van der Waals surface area contributed by atoms with E-state index in [1.165, 1.54) is 0 Å². The number of hydrogen-bond donors (Lipinski definition) is 3. The highest BCUT2D eigenvalue weighted by Gasteiger charge is 2.15. The summed E-state index contributed by atoms with van der Waals surface area (Å²) in [6.07, 6.45) is 3.40. The van der Waals surface area contributed by atoms with Crippen LogP contribution in [0.2, 0.25) is 0 Å². The molecule has 88 valence electrons. The second-order valence-electron chi connectivity index (χ2n) is 3.42. The van der Waals surface area contributed by atoms with E-state index in [9.17, 15) is 9.59 Å². The van der Waals surface area contributed by atoms with E-state index in [2.05, 4.69) is 5.32 Å². The van der Waals surface area contributed by atoms with Gasteiger partial charge in [-0.2, -0.15) is 0 Å². The van der Waals surface area contributed by atoms with Crippen LogP contribution in [-0.4, -0.2) is 34.1 Å². The monoisotopic (exact) mass is 225 g/mol. The number of carbonyl (C=O) groups excluding carboxylic acids is 1. The van der Waals surface area contributed by atoms with Gasteiger partial charge in [-0.3, -0.25) is 9.59 Å². The van der Waals surface area contributed by atoms with E-state index < -0.39 is 17.9 Å². The van der Waals surface area contributed by atoms with E-state index in [4.69, 9.17) is 10.8 Å². The summed E-state index contributed by atoms with van der Waals surface area (Å²) in [5, 5.41) is 11.0. The third-order valence-corrected chi connectivity index (χ3v) is 2.07. The number of carbonyl (C=O) groups is 2. The fraction of sp³-hybridized carbons (Fsp3) is 0.400. The Morgan fingerprint density at radius 1 is 1.38 bits per heavy atom. The second-order valence-corrected chi connectivity index (χ2v) is 3.42. The molecule has 1 aromatic rings. The third-order valence-electron chi connectivity index (χ3n) is 2.07. The van der Waals surface area contributed by atoms with Gasteiger partial charge in [-0.1, -0.05) is 0 Å². The minimum absolute atomic E-state index is 0.352. The zero-order chi connectivity index (χ0) is 12.0. The van der Waals surface area contributed by atoms with Crippen LogP contribution in [0.4, 0.5) is 0 Å². The SMILES string of the molecule is NC(CC(=O)O)C(=O)NCCn1cccc1. The third kappa shape index (κ3) is 4.14. The first-order valence-electron chi connectivity index (χ1n) is 4.95. The van der Waals surface area contributed by atoms with Crippen molar-refractivity contribution in [3.8, 4) is 0 Å². The summed E-state index contributed by atoms with van der Waals surface area (Å²) in [5.41, 5.74) is 5.38. The second kappa shape index (κ2) is 5.92. The van der Waals surface area contributed by atoms with Gasteiger partial charge in [-0.25, -0.2) is 0 Å². The molecule has 0 aliphatic carbocycles. The minimum atomic E-state index is -1.08. The Kier molecular flexibility index (Phi) is 4.53. The predicted octanol–water partition coefficient (Wildman–Crippen LogP) is -0.594. The van der Waals surface area contributed by atoms with E-state index in [1.54, 1.807) is 0 Å². The highest BCUT2D eigenvalue weighted by atomic mass is 16.4. The van der Waals surface area contributed by atoms with Crippen molar-refractivity contribution in [2.24, 2.45) is 5.73 Å². The van der Waals surface area contributed by atoms with E-state index >= 15 is 0 Å². The Morgan fingerprint density at radius 3 is 2.56 bits per heavy atom. The first-order valence-corrected chi connectivity index (χ1v) is 4.95. The highest BCUT2D eigenvalue weighted by molar-refractivity contribution is 5.85. The number of carboxylic acids is 1. The number of aromatic nitrogens is 1. The largest absolute Gasteiger partial charge is 0.481 e. The molecule has 0 aromatic carbocycles.